The lowest BCUT2D eigenvalue weighted by molar-refractivity contribution is -0.115. The van der Waals surface area contributed by atoms with Gasteiger partial charge in [-0.25, -0.2) is 4.79 Å². The van der Waals surface area contributed by atoms with Crippen LogP contribution < -0.4 is 5.32 Å². The Morgan fingerprint density at radius 1 is 1.05 bits per heavy atom. The molecule has 0 saturated carbocycles. The third-order valence-electron chi connectivity index (χ3n) is 5.50. The maximum Gasteiger partial charge on any atom is 0.399 e. The summed E-state index contributed by atoms with van der Waals surface area (Å²) >= 11 is 5.95. The van der Waals surface area contributed by atoms with E-state index >= 15 is 0 Å². The van der Waals surface area contributed by atoms with Crippen LogP contribution in [0.1, 0.15) is 32.6 Å². The lowest BCUT2D eigenvalue weighted by atomic mass is 10.1. The minimum absolute atomic E-state index is 0.109. The van der Waals surface area contributed by atoms with E-state index in [-0.39, 0.29) is 6.54 Å². The van der Waals surface area contributed by atoms with E-state index in [4.69, 9.17) is 26.1 Å². The van der Waals surface area contributed by atoms with E-state index in [2.05, 4.69) is 5.32 Å². The van der Waals surface area contributed by atoms with Crippen molar-refractivity contribution in [3.63, 3.8) is 0 Å². The first kappa shape index (κ1) is 29.0. The first-order valence-corrected chi connectivity index (χ1v) is 13.1. The Kier molecular flexibility index (Phi) is 9.40. The predicted molar refractivity (Wildman–Crippen MR) is 138 cm³/mol. The summed E-state index contributed by atoms with van der Waals surface area (Å²) < 4.78 is 44.3. The molecule has 0 aliphatic carbocycles. The van der Waals surface area contributed by atoms with Crippen LogP contribution in [0.3, 0.4) is 0 Å². The number of rotatable bonds is 11. The largest absolute Gasteiger partial charge is 0.465 e. The van der Waals surface area contributed by atoms with Crippen molar-refractivity contribution in [3.8, 4) is 0 Å². The molecule has 0 saturated heterocycles. The van der Waals surface area contributed by atoms with E-state index in [0.717, 1.165) is 17.7 Å². The molecule has 38 heavy (non-hydrogen) atoms. The number of hydrogen-bond donors (Lipinski definition) is 3. The number of ether oxygens (including phenoxy) is 1. The van der Waals surface area contributed by atoms with Crippen LogP contribution in [-0.4, -0.2) is 34.2 Å². The van der Waals surface area contributed by atoms with Crippen molar-refractivity contribution in [1.29, 1.82) is 0 Å². The molecule has 1 amide bonds. The molecule has 3 aromatic carbocycles. The average molecular weight is 565 g/mol. The lowest BCUT2D eigenvalue weighted by Crippen LogP contribution is -2.22. The SMILES string of the molecule is COC(=O)c1ccc(/C(=C/NCc2ccccc2)N(C=O)Cc2ccc(C(F)(F)P(=O)(O)O)c(Cl)c2)cc1. The Morgan fingerprint density at radius 3 is 2.24 bits per heavy atom. The highest BCUT2D eigenvalue weighted by Crippen LogP contribution is 2.60. The molecule has 3 aromatic rings. The Morgan fingerprint density at radius 2 is 1.68 bits per heavy atom. The molecule has 0 bridgehead atoms. The molecule has 3 N–H and O–H groups in total. The molecule has 8 nitrogen and oxygen atoms in total. The van der Waals surface area contributed by atoms with Crippen LogP contribution in [0, 0.1) is 0 Å². The second-order valence-corrected chi connectivity index (χ2v) is 10.2. The van der Waals surface area contributed by atoms with E-state index in [0.29, 0.717) is 35.3 Å². The zero-order valence-corrected chi connectivity index (χ0v) is 21.7. The minimum atomic E-state index is -5.81. The molecule has 0 unspecified atom stereocenters. The Hall–Kier alpha value is -3.56. The highest BCUT2D eigenvalue weighted by molar-refractivity contribution is 7.52. The van der Waals surface area contributed by atoms with Gasteiger partial charge in [0, 0.05) is 12.7 Å². The molecule has 0 aliphatic rings. The van der Waals surface area contributed by atoms with Gasteiger partial charge in [0.15, 0.2) is 0 Å². The monoisotopic (exact) mass is 564 g/mol. The molecular formula is C26H24ClF2N2O6P. The van der Waals surface area contributed by atoms with Gasteiger partial charge in [-0.1, -0.05) is 66.2 Å². The maximum atomic E-state index is 14.2. The summed E-state index contributed by atoms with van der Waals surface area (Å²) in [6.45, 7) is 0.331. The zero-order valence-electron chi connectivity index (χ0n) is 20.1. The number of halogens is 3. The van der Waals surface area contributed by atoms with Crippen molar-refractivity contribution in [2.75, 3.05) is 7.11 Å². The Balaban J connectivity index is 1.93. The first-order valence-electron chi connectivity index (χ1n) is 11.1. The molecule has 0 heterocycles. The van der Waals surface area contributed by atoms with Gasteiger partial charge in [0.05, 0.1) is 35.5 Å². The summed E-state index contributed by atoms with van der Waals surface area (Å²) in [5, 5.41) is 2.58. The molecule has 0 aromatic heterocycles. The van der Waals surface area contributed by atoms with Crippen LogP contribution in [0.5, 0.6) is 0 Å². The summed E-state index contributed by atoms with van der Waals surface area (Å²) in [6.07, 6.45) is 2.14. The van der Waals surface area contributed by atoms with Gasteiger partial charge in [0.25, 0.3) is 0 Å². The maximum absolute atomic E-state index is 14.2. The van der Waals surface area contributed by atoms with Crippen molar-refractivity contribution < 1.29 is 37.5 Å². The molecule has 0 aliphatic heterocycles. The lowest BCUT2D eigenvalue weighted by Gasteiger charge is -2.23. The number of alkyl halides is 2. The molecule has 0 radical (unpaired) electrons. The van der Waals surface area contributed by atoms with Gasteiger partial charge in [-0.2, -0.15) is 8.78 Å². The van der Waals surface area contributed by atoms with Crippen LogP contribution in [0.15, 0.2) is 79.0 Å². The Bertz CT molecular complexity index is 1360. The van der Waals surface area contributed by atoms with Gasteiger partial charge in [0.2, 0.25) is 6.41 Å². The third-order valence-corrected chi connectivity index (χ3v) is 6.79. The van der Waals surface area contributed by atoms with Gasteiger partial charge in [-0.15, -0.1) is 0 Å². The van der Waals surface area contributed by atoms with E-state index in [9.17, 15) is 22.9 Å². The highest BCUT2D eigenvalue weighted by atomic mass is 35.5. The second-order valence-electron chi connectivity index (χ2n) is 8.10. The van der Waals surface area contributed by atoms with E-state index < -0.39 is 29.8 Å². The van der Waals surface area contributed by atoms with Crippen molar-refractivity contribution in [1.82, 2.24) is 10.2 Å². The average Bonchev–Trinajstić information content (AvgIpc) is 2.89. The van der Waals surface area contributed by atoms with Crippen LogP contribution in [-0.2, 0) is 32.8 Å². The number of nitrogens with one attached hydrogen (secondary N) is 1. The summed E-state index contributed by atoms with van der Waals surface area (Å²) in [6, 6.07) is 18.9. The number of carbonyl (C=O) groups is 2. The fourth-order valence-corrected chi connectivity index (χ4v) is 4.42. The zero-order chi connectivity index (χ0) is 27.9. The smallest absolute Gasteiger partial charge is 0.399 e. The molecule has 0 fully saturated rings. The van der Waals surface area contributed by atoms with Gasteiger partial charge >= 0.3 is 19.2 Å². The highest BCUT2D eigenvalue weighted by Gasteiger charge is 2.51. The number of carbonyl (C=O) groups excluding carboxylic acids is 2. The van der Waals surface area contributed by atoms with Crippen LogP contribution >= 0.6 is 19.2 Å². The van der Waals surface area contributed by atoms with Crippen molar-refractivity contribution in [3.05, 3.63) is 112 Å². The van der Waals surface area contributed by atoms with E-state index in [1.165, 1.54) is 30.2 Å². The molecular weight excluding hydrogens is 541 g/mol. The second kappa shape index (κ2) is 12.3. The summed E-state index contributed by atoms with van der Waals surface area (Å²) in [5.74, 6) is -0.529. The Labute approximate surface area is 222 Å². The van der Waals surface area contributed by atoms with Crippen molar-refractivity contribution in [2.45, 2.75) is 18.8 Å². The molecule has 0 atom stereocenters. The van der Waals surface area contributed by atoms with Crippen LogP contribution in [0.2, 0.25) is 5.02 Å². The number of benzene rings is 3. The van der Waals surface area contributed by atoms with E-state index in [1.54, 1.807) is 18.3 Å². The molecule has 200 valence electrons. The summed E-state index contributed by atoms with van der Waals surface area (Å²) in [4.78, 5) is 43.3. The van der Waals surface area contributed by atoms with Crippen LogP contribution in [0.25, 0.3) is 5.70 Å². The van der Waals surface area contributed by atoms with Crippen molar-refractivity contribution in [2.24, 2.45) is 0 Å². The number of nitrogens with zero attached hydrogens (tertiary/aromatic N) is 1. The molecule has 3 rings (SSSR count). The van der Waals surface area contributed by atoms with E-state index in [1.807, 2.05) is 30.3 Å². The number of hydrogen-bond acceptors (Lipinski definition) is 5. The predicted octanol–water partition coefficient (Wildman–Crippen LogP) is 5.10. The minimum Gasteiger partial charge on any atom is -0.465 e. The van der Waals surface area contributed by atoms with Gasteiger partial charge < -0.3 is 24.7 Å². The fraction of sp³-hybridized carbons (Fsp3) is 0.154. The quantitative estimate of drug-likeness (QED) is 0.169. The van der Waals surface area contributed by atoms with Gasteiger partial charge in [0.1, 0.15) is 0 Å². The summed E-state index contributed by atoms with van der Waals surface area (Å²) in [7, 11) is -4.55. The topological polar surface area (TPSA) is 116 Å². The van der Waals surface area contributed by atoms with Crippen molar-refractivity contribution >= 4 is 37.3 Å². The number of amides is 1. The fourth-order valence-electron chi connectivity index (χ4n) is 3.52. The summed E-state index contributed by atoms with van der Waals surface area (Å²) in [5.41, 5.74) is -2.93. The van der Waals surface area contributed by atoms with Gasteiger partial charge in [-0.05, 0) is 34.9 Å². The van der Waals surface area contributed by atoms with Gasteiger partial charge in [-0.3, -0.25) is 9.36 Å². The molecule has 12 heteroatoms. The van der Waals surface area contributed by atoms with Crippen LogP contribution in [0.4, 0.5) is 8.78 Å². The standard InChI is InChI=1S/C26H24ClF2N2O6P/c1-37-25(33)21-10-8-20(9-11-21)24(15-30-14-18-5-3-2-4-6-18)31(17-32)16-19-7-12-22(23(27)13-19)26(28,29)38(34,35)36/h2-13,15,17,30H,14,16H2,1H3,(H2,34,35,36)/b24-15-. The number of esters is 1. The first-order chi connectivity index (χ1) is 18.0. The molecule has 0 spiro atoms. The normalized spacial score (nSPS) is 12.1. The number of methoxy groups -OCH3 is 1. The third kappa shape index (κ3) is 6.85.